The van der Waals surface area contributed by atoms with Crippen LogP contribution < -0.4 is 16.2 Å². The standard InChI is InChI=1S/C10H14N4S/c1-3-12-10(15)14-13-8(2)9-4-6-11-7-5-9/h4-7,13H,2-3H2,1H3,(H2,12,14,15). The Morgan fingerprint density at radius 3 is 2.67 bits per heavy atom. The first-order valence-corrected chi connectivity index (χ1v) is 5.04. The van der Waals surface area contributed by atoms with E-state index in [1.54, 1.807) is 12.4 Å². The molecule has 3 N–H and O–H groups in total. The highest BCUT2D eigenvalue weighted by molar-refractivity contribution is 7.80. The van der Waals surface area contributed by atoms with Crippen LogP contribution in [0.2, 0.25) is 0 Å². The number of rotatable bonds is 4. The normalized spacial score (nSPS) is 9.13. The molecule has 0 atom stereocenters. The van der Waals surface area contributed by atoms with E-state index in [0.717, 1.165) is 17.8 Å². The molecule has 80 valence electrons. The maximum absolute atomic E-state index is 4.98. The van der Waals surface area contributed by atoms with Crippen molar-refractivity contribution in [3.8, 4) is 0 Å². The molecule has 15 heavy (non-hydrogen) atoms. The van der Waals surface area contributed by atoms with Crippen LogP contribution in [0.15, 0.2) is 31.1 Å². The van der Waals surface area contributed by atoms with Crippen LogP contribution >= 0.6 is 12.2 Å². The van der Waals surface area contributed by atoms with Crippen molar-refractivity contribution in [2.45, 2.75) is 6.92 Å². The van der Waals surface area contributed by atoms with Crippen LogP contribution in [0, 0.1) is 0 Å². The van der Waals surface area contributed by atoms with E-state index >= 15 is 0 Å². The summed E-state index contributed by atoms with van der Waals surface area (Å²) in [5.41, 5.74) is 7.46. The zero-order valence-corrected chi connectivity index (χ0v) is 9.40. The number of hydrogen-bond acceptors (Lipinski definition) is 3. The predicted molar refractivity (Wildman–Crippen MR) is 65.8 cm³/mol. The molecule has 1 rings (SSSR count). The lowest BCUT2D eigenvalue weighted by Crippen LogP contribution is -2.42. The topological polar surface area (TPSA) is 49.0 Å². The van der Waals surface area contributed by atoms with E-state index in [4.69, 9.17) is 12.2 Å². The fourth-order valence-corrected chi connectivity index (χ4v) is 1.16. The highest BCUT2D eigenvalue weighted by Gasteiger charge is 1.97. The van der Waals surface area contributed by atoms with Crippen molar-refractivity contribution in [1.29, 1.82) is 0 Å². The molecule has 0 amide bonds. The molecule has 0 aliphatic rings. The molecule has 5 heteroatoms. The average Bonchev–Trinajstić information content (AvgIpc) is 2.27. The van der Waals surface area contributed by atoms with E-state index in [2.05, 4.69) is 27.7 Å². The third-order valence-corrected chi connectivity index (χ3v) is 1.94. The maximum Gasteiger partial charge on any atom is 0.185 e. The lowest BCUT2D eigenvalue weighted by Gasteiger charge is -2.13. The maximum atomic E-state index is 4.98. The van der Waals surface area contributed by atoms with Crippen LogP contribution in [-0.2, 0) is 0 Å². The summed E-state index contributed by atoms with van der Waals surface area (Å²) in [6.07, 6.45) is 3.43. The molecule has 4 nitrogen and oxygen atoms in total. The fourth-order valence-electron chi connectivity index (χ4n) is 0.962. The Morgan fingerprint density at radius 1 is 1.40 bits per heavy atom. The van der Waals surface area contributed by atoms with Gasteiger partial charge in [-0.1, -0.05) is 6.58 Å². The fraction of sp³-hybridized carbons (Fsp3) is 0.200. The van der Waals surface area contributed by atoms with Crippen LogP contribution in [0.4, 0.5) is 0 Å². The van der Waals surface area contributed by atoms with E-state index < -0.39 is 0 Å². The summed E-state index contributed by atoms with van der Waals surface area (Å²) < 4.78 is 0. The summed E-state index contributed by atoms with van der Waals surface area (Å²) in [6.45, 7) is 6.63. The minimum atomic E-state index is 0.549. The second-order valence-electron chi connectivity index (χ2n) is 2.82. The molecule has 0 unspecified atom stereocenters. The largest absolute Gasteiger partial charge is 0.362 e. The van der Waals surface area contributed by atoms with Gasteiger partial charge in [-0.25, -0.2) is 0 Å². The number of hydrazine groups is 1. The second-order valence-corrected chi connectivity index (χ2v) is 3.23. The summed E-state index contributed by atoms with van der Waals surface area (Å²) in [6, 6.07) is 3.74. The Balaban J connectivity index is 2.40. The highest BCUT2D eigenvalue weighted by Crippen LogP contribution is 2.05. The van der Waals surface area contributed by atoms with Gasteiger partial charge in [0, 0.05) is 24.5 Å². The average molecular weight is 222 g/mol. The van der Waals surface area contributed by atoms with E-state index in [0.29, 0.717) is 5.11 Å². The van der Waals surface area contributed by atoms with Crippen molar-refractivity contribution in [3.05, 3.63) is 36.7 Å². The molecule has 0 aliphatic carbocycles. The number of nitrogens with one attached hydrogen (secondary N) is 3. The van der Waals surface area contributed by atoms with Gasteiger partial charge in [-0.15, -0.1) is 0 Å². The summed E-state index contributed by atoms with van der Waals surface area (Å²) in [5, 5.41) is 3.51. The molecule has 0 aromatic carbocycles. The molecular formula is C10H14N4S. The Hall–Kier alpha value is -1.62. The van der Waals surface area contributed by atoms with Gasteiger partial charge < -0.3 is 5.32 Å². The van der Waals surface area contributed by atoms with Crippen molar-refractivity contribution in [2.24, 2.45) is 0 Å². The highest BCUT2D eigenvalue weighted by atomic mass is 32.1. The summed E-state index contributed by atoms with van der Waals surface area (Å²) in [5.74, 6) is 0. The van der Waals surface area contributed by atoms with Gasteiger partial charge in [0.05, 0.1) is 5.70 Å². The lowest BCUT2D eigenvalue weighted by atomic mass is 10.2. The third-order valence-electron chi connectivity index (χ3n) is 1.69. The van der Waals surface area contributed by atoms with E-state index in [1.807, 2.05) is 19.1 Å². The van der Waals surface area contributed by atoms with Gasteiger partial charge in [-0.05, 0) is 31.3 Å². The van der Waals surface area contributed by atoms with Crippen LogP contribution in [0.5, 0.6) is 0 Å². The number of nitrogens with zero attached hydrogens (tertiary/aromatic N) is 1. The first-order valence-electron chi connectivity index (χ1n) is 4.63. The van der Waals surface area contributed by atoms with Crippen molar-refractivity contribution in [1.82, 2.24) is 21.2 Å². The smallest absolute Gasteiger partial charge is 0.185 e. The molecule has 0 aliphatic heterocycles. The zero-order valence-electron chi connectivity index (χ0n) is 8.58. The van der Waals surface area contributed by atoms with Crippen molar-refractivity contribution in [2.75, 3.05) is 6.54 Å². The molecule has 0 fully saturated rings. The number of pyridine rings is 1. The van der Waals surface area contributed by atoms with Crippen LogP contribution in [0.1, 0.15) is 12.5 Å². The number of hydrogen-bond donors (Lipinski definition) is 3. The second kappa shape index (κ2) is 5.98. The Labute approximate surface area is 94.8 Å². The Bertz CT molecular complexity index is 337. The monoisotopic (exact) mass is 222 g/mol. The summed E-state index contributed by atoms with van der Waals surface area (Å²) in [7, 11) is 0. The minimum Gasteiger partial charge on any atom is -0.362 e. The number of aromatic nitrogens is 1. The molecule has 0 saturated carbocycles. The lowest BCUT2D eigenvalue weighted by molar-refractivity contribution is 0.802. The SMILES string of the molecule is C=C(NNC(=S)NCC)c1ccncc1. The summed E-state index contributed by atoms with van der Waals surface area (Å²) in [4.78, 5) is 3.93. The van der Waals surface area contributed by atoms with Crippen molar-refractivity contribution < 1.29 is 0 Å². The molecule has 1 aromatic heterocycles. The quantitative estimate of drug-likeness (QED) is 0.525. The molecule has 0 bridgehead atoms. The van der Waals surface area contributed by atoms with Gasteiger partial charge >= 0.3 is 0 Å². The first-order chi connectivity index (χ1) is 7.24. The summed E-state index contributed by atoms with van der Waals surface area (Å²) >= 11 is 4.98. The van der Waals surface area contributed by atoms with Crippen molar-refractivity contribution >= 4 is 23.0 Å². The first kappa shape index (κ1) is 11.5. The molecular weight excluding hydrogens is 208 g/mol. The zero-order chi connectivity index (χ0) is 11.1. The molecule has 1 heterocycles. The van der Waals surface area contributed by atoms with Crippen LogP contribution in [0.3, 0.4) is 0 Å². The molecule has 0 radical (unpaired) electrons. The van der Waals surface area contributed by atoms with Gasteiger partial charge in [-0.3, -0.25) is 15.8 Å². The van der Waals surface area contributed by atoms with E-state index in [9.17, 15) is 0 Å². The van der Waals surface area contributed by atoms with Crippen LogP contribution in [0.25, 0.3) is 5.70 Å². The number of thiocarbonyl (C=S) groups is 1. The Morgan fingerprint density at radius 2 is 2.07 bits per heavy atom. The van der Waals surface area contributed by atoms with Gasteiger partial charge in [0.25, 0.3) is 0 Å². The third kappa shape index (κ3) is 3.95. The molecule has 0 spiro atoms. The van der Waals surface area contributed by atoms with Gasteiger partial charge in [0.1, 0.15) is 0 Å². The van der Waals surface area contributed by atoms with Crippen LogP contribution in [-0.4, -0.2) is 16.6 Å². The van der Waals surface area contributed by atoms with Gasteiger partial charge in [0.15, 0.2) is 5.11 Å². The molecule has 1 aromatic rings. The van der Waals surface area contributed by atoms with E-state index in [1.165, 1.54) is 0 Å². The van der Waals surface area contributed by atoms with Crippen molar-refractivity contribution in [3.63, 3.8) is 0 Å². The van der Waals surface area contributed by atoms with Gasteiger partial charge in [0.2, 0.25) is 0 Å². The molecule has 0 saturated heterocycles. The minimum absolute atomic E-state index is 0.549. The van der Waals surface area contributed by atoms with Gasteiger partial charge in [-0.2, -0.15) is 0 Å². The Kier molecular flexibility index (Phi) is 4.56. The van der Waals surface area contributed by atoms with E-state index in [-0.39, 0.29) is 0 Å². The predicted octanol–water partition coefficient (Wildman–Crippen LogP) is 1.04.